The van der Waals surface area contributed by atoms with Crippen LogP contribution in [0.5, 0.6) is 23.0 Å². The molecule has 1 aromatic heterocycles. The van der Waals surface area contributed by atoms with Gasteiger partial charge in [0.05, 0.1) is 43.2 Å². The fourth-order valence-electron chi connectivity index (χ4n) is 4.64. The van der Waals surface area contributed by atoms with Gasteiger partial charge in [-0.3, -0.25) is 9.36 Å². The van der Waals surface area contributed by atoms with Gasteiger partial charge in [-0.1, -0.05) is 17.4 Å². The lowest BCUT2D eigenvalue weighted by atomic mass is 9.94. The van der Waals surface area contributed by atoms with Crippen LogP contribution in [0.25, 0.3) is 6.08 Å². The summed E-state index contributed by atoms with van der Waals surface area (Å²) in [6.07, 6.45) is 3.83. The lowest BCUT2D eigenvalue weighted by molar-refractivity contribution is -0.139. The van der Waals surface area contributed by atoms with E-state index in [-0.39, 0.29) is 23.5 Å². The number of methoxy groups -OCH3 is 2. The molecule has 0 unspecified atom stereocenters. The lowest BCUT2D eigenvalue weighted by Gasteiger charge is -2.26. The van der Waals surface area contributed by atoms with Gasteiger partial charge in [-0.2, -0.15) is 0 Å². The molecule has 0 saturated heterocycles. The minimum absolute atomic E-state index is 0.0418. The van der Waals surface area contributed by atoms with Gasteiger partial charge >= 0.3 is 5.97 Å². The first kappa shape index (κ1) is 28.7. The van der Waals surface area contributed by atoms with E-state index in [4.69, 9.17) is 18.9 Å². The number of benzene rings is 2. The molecule has 0 bridgehead atoms. The van der Waals surface area contributed by atoms with Gasteiger partial charge < -0.3 is 24.1 Å². The number of rotatable bonds is 10. The number of nitrogens with zero attached hydrogens (tertiary/aromatic N) is 2. The van der Waals surface area contributed by atoms with Crippen LogP contribution in [0, 0.1) is 0 Å². The highest BCUT2D eigenvalue weighted by Crippen LogP contribution is 2.38. The van der Waals surface area contributed by atoms with Crippen LogP contribution in [0.3, 0.4) is 0 Å². The number of thiazole rings is 1. The molecule has 0 spiro atoms. The number of allylic oxidation sites excluding steroid dienone is 2. The van der Waals surface area contributed by atoms with E-state index in [0.29, 0.717) is 62.0 Å². The molecule has 1 atom stereocenters. The molecule has 0 radical (unpaired) electrons. The maximum absolute atomic E-state index is 14.0. The summed E-state index contributed by atoms with van der Waals surface area (Å²) in [5.41, 5.74) is 2.19. The van der Waals surface area contributed by atoms with Gasteiger partial charge in [0.15, 0.2) is 16.3 Å². The fourth-order valence-corrected chi connectivity index (χ4v) is 5.69. The van der Waals surface area contributed by atoms with E-state index < -0.39 is 12.0 Å². The van der Waals surface area contributed by atoms with E-state index in [1.54, 1.807) is 63.4 Å². The molecule has 3 aromatic rings. The molecule has 9 nitrogen and oxygen atoms in total. The molecule has 1 aliphatic rings. The number of phenolic OH excluding ortho intramolecular Hbond substituents is 1. The van der Waals surface area contributed by atoms with E-state index in [9.17, 15) is 14.7 Å². The zero-order valence-electron chi connectivity index (χ0n) is 23.1. The van der Waals surface area contributed by atoms with Crippen molar-refractivity contribution in [2.45, 2.75) is 33.2 Å². The Bertz CT molecular complexity index is 1670. The summed E-state index contributed by atoms with van der Waals surface area (Å²) >= 11 is 1.20. The number of hydrogen-bond acceptors (Lipinski definition) is 9. The predicted molar refractivity (Wildman–Crippen MR) is 153 cm³/mol. The second kappa shape index (κ2) is 12.3. The summed E-state index contributed by atoms with van der Waals surface area (Å²) in [4.78, 5) is 32.3. The Hall–Kier alpha value is -4.31. The van der Waals surface area contributed by atoms with E-state index >= 15 is 0 Å². The van der Waals surface area contributed by atoms with Crippen LogP contribution in [0.15, 0.2) is 64.0 Å². The van der Waals surface area contributed by atoms with Gasteiger partial charge in [-0.15, -0.1) is 6.58 Å². The molecule has 4 rings (SSSR count). The van der Waals surface area contributed by atoms with Gasteiger partial charge in [0.25, 0.3) is 5.56 Å². The number of phenols is 1. The second-order valence-electron chi connectivity index (χ2n) is 8.86. The van der Waals surface area contributed by atoms with Crippen molar-refractivity contribution in [3.63, 3.8) is 0 Å². The summed E-state index contributed by atoms with van der Waals surface area (Å²) in [6, 6.07) is 7.83. The van der Waals surface area contributed by atoms with E-state index in [1.165, 1.54) is 23.0 Å². The molecule has 1 aliphatic heterocycles. The van der Waals surface area contributed by atoms with Gasteiger partial charge in [-0.05, 0) is 69.2 Å². The van der Waals surface area contributed by atoms with Crippen LogP contribution in [0.4, 0.5) is 0 Å². The molecule has 10 heteroatoms. The molecular weight excluding hydrogens is 532 g/mol. The average Bonchev–Trinajstić information content (AvgIpc) is 3.24. The molecule has 2 aromatic carbocycles. The third-order valence-corrected chi connectivity index (χ3v) is 7.37. The zero-order chi connectivity index (χ0) is 29.0. The fraction of sp³-hybridized carbons (Fsp3) is 0.300. The topological polar surface area (TPSA) is 109 Å². The smallest absolute Gasteiger partial charge is 0.338 e. The van der Waals surface area contributed by atoms with Gasteiger partial charge in [0.2, 0.25) is 0 Å². The Morgan fingerprint density at radius 3 is 2.58 bits per heavy atom. The van der Waals surface area contributed by atoms with E-state index in [1.807, 2.05) is 6.92 Å². The Balaban J connectivity index is 2.00. The average molecular weight is 565 g/mol. The Labute approximate surface area is 235 Å². The lowest BCUT2D eigenvalue weighted by Crippen LogP contribution is -2.40. The maximum Gasteiger partial charge on any atom is 0.338 e. The summed E-state index contributed by atoms with van der Waals surface area (Å²) in [5.74, 6) is 0.811. The first-order valence-electron chi connectivity index (χ1n) is 12.8. The van der Waals surface area contributed by atoms with Crippen molar-refractivity contribution in [3.05, 3.63) is 90.6 Å². The number of ether oxygens (including phenoxy) is 4. The van der Waals surface area contributed by atoms with Crippen molar-refractivity contribution in [3.8, 4) is 23.0 Å². The van der Waals surface area contributed by atoms with E-state index in [0.717, 1.165) is 0 Å². The van der Waals surface area contributed by atoms with E-state index in [2.05, 4.69) is 11.6 Å². The van der Waals surface area contributed by atoms with Crippen molar-refractivity contribution < 1.29 is 28.8 Å². The molecule has 2 heterocycles. The van der Waals surface area contributed by atoms with Gasteiger partial charge in [0, 0.05) is 11.1 Å². The molecular formula is C30H32N2O7S. The van der Waals surface area contributed by atoms with Crippen molar-refractivity contribution >= 4 is 23.4 Å². The molecule has 210 valence electrons. The highest BCUT2D eigenvalue weighted by Gasteiger charge is 2.35. The molecule has 40 heavy (non-hydrogen) atoms. The van der Waals surface area contributed by atoms with Gasteiger partial charge in [-0.25, -0.2) is 9.79 Å². The van der Waals surface area contributed by atoms with Crippen LogP contribution in [0.2, 0.25) is 0 Å². The highest BCUT2D eigenvalue weighted by molar-refractivity contribution is 7.07. The Morgan fingerprint density at radius 1 is 1.15 bits per heavy atom. The zero-order valence-corrected chi connectivity index (χ0v) is 24.0. The van der Waals surface area contributed by atoms with Crippen LogP contribution in [0.1, 0.15) is 43.5 Å². The van der Waals surface area contributed by atoms with Crippen LogP contribution >= 0.6 is 11.3 Å². The summed E-state index contributed by atoms with van der Waals surface area (Å²) in [7, 11) is 3.07. The first-order valence-corrected chi connectivity index (χ1v) is 13.6. The third-order valence-electron chi connectivity index (χ3n) is 6.39. The normalized spacial score (nSPS) is 14.8. The van der Waals surface area contributed by atoms with Crippen LogP contribution < -0.4 is 29.1 Å². The van der Waals surface area contributed by atoms with Crippen LogP contribution in [-0.2, 0) is 16.0 Å². The number of aromatic nitrogens is 1. The second-order valence-corrected chi connectivity index (χ2v) is 9.87. The van der Waals surface area contributed by atoms with Crippen molar-refractivity contribution in [1.82, 2.24) is 4.57 Å². The molecule has 0 saturated carbocycles. The van der Waals surface area contributed by atoms with Gasteiger partial charge in [0.1, 0.15) is 17.5 Å². The van der Waals surface area contributed by atoms with Crippen molar-refractivity contribution in [2.75, 3.05) is 27.4 Å². The Morgan fingerprint density at radius 2 is 1.93 bits per heavy atom. The number of carbonyl (C=O) groups excluding carboxylic acids is 1. The molecule has 0 amide bonds. The minimum Gasteiger partial charge on any atom is -0.504 e. The monoisotopic (exact) mass is 564 g/mol. The standard InChI is InChI=1S/C30H32N2O7S/c1-7-10-19-13-18(14-23(27(19)33)38-8-2)15-24-28(34)32-26(21-16-20(36-5)11-12-22(21)37-6)25(29(35)39-9-3)17(4)31-30(32)40-24/h7,11-16,26,33H,1,8-10H2,2-6H3/b24-15+/t26-/m0/s1. The summed E-state index contributed by atoms with van der Waals surface area (Å²) in [6.45, 7) is 9.56. The molecule has 0 fully saturated rings. The maximum atomic E-state index is 14.0. The third kappa shape index (κ3) is 5.40. The molecule has 1 N–H and O–H groups in total. The minimum atomic E-state index is -0.863. The summed E-state index contributed by atoms with van der Waals surface area (Å²) < 4.78 is 24.0. The number of esters is 1. The number of carbonyl (C=O) groups is 1. The highest BCUT2D eigenvalue weighted by atomic mass is 32.1. The van der Waals surface area contributed by atoms with Crippen LogP contribution in [-0.4, -0.2) is 43.1 Å². The molecule has 0 aliphatic carbocycles. The van der Waals surface area contributed by atoms with Crippen molar-refractivity contribution in [1.29, 1.82) is 0 Å². The summed E-state index contributed by atoms with van der Waals surface area (Å²) in [5, 5.41) is 10.6. The number of fused-ring (bicyclic) bond motifs is 1. The van der Waals surface area contributed by atoms with Crippen molar-refractivity contribution in [2.24, 2.45) is 4.99 Å². The predicted octanol–water partition coefficient (Wildman–Crippen LogP) is 3.65. The largest absolute Gasteiger partial charge is 0.504 e. The first-order chi connectivity index (χ1) is 19.3. The SMILES string of the molecule is C=CCc1cc(/C=c2/sc3n(c2=O)[C@@H](c2cc(OC)ccc2OC)C(C(=O)OCC)=C(C)N=3)cc(OCC)c1O. The number of aromatic hydroxyl groups is 1. The quantitative estimate of drug-likeness (QED) is 0.296. The Kier molecular flexibility index (Phi) is 8.79. The number of hydrogen-bond donors (Lipinski definition) is 1.